The molecule has 2 rings (SSSR count). The van der Waals surface area contributed by atoms with Gasteiger partial charge in [0.1, 0.15) is 5.82 Å². The van der Waals surface area contributed by atoms with Crippen molar-refractivity contribution in [2.45, 2.75) is 27.3 Å². The number of nitrogens with one attached hydrogen (secondary N) is 1. The van der Waals surface area contributed by atoms with Crippen LogP contribution in [0.1, 0.15) is 24.0 Å². The van der Waals surface area contributed by atoms with E-state index in [4.69, 9.17) is 0 Å². The minimum Gasteiger partial charge on any atom is -0.354 e. The van der Waals surface area contributed by atoms with Gasteiger partial charge in [-0.05, 0) is 32.9 Å². The minimum absolute atomic E-state index is 0.673. The summed E-state index contributed by atoms with van der Waals surface area (Å²) in [6.45, 7) is 7.55. The van der Waals surface area contributed by atoms with Gasteiger partial charge in [0, 0.05) is 31.0 Å². The van der Waals surface area contributed by atoms with Crippen molar-refractivity contribution in [2.24, 2.45) is 0 Å². The van der Waals surface area contributed by atoms with Gasteiger partial charge in [-0.2, -0.15) is 4.98 Å². The van der Waals surface area contributed by atoms with Gasteiger partial charge in [-0.25, -0.2) is 4.98 Å². The molecule has 0 aliphatic carbocycles. The Hall–Kier alpha value is -2.17. The number of aromatic nitrogens is 3. The predicted octanol–water partition coefficient (Wildman–Crippen LogP) is 2.56. The number of anilines is 2. The number of rotatable bonds is 5. The molecule has 2 aromatic rings. The van der Waals surface area contributed by atoms with E-state index in [1.54, 1.807) is 0 Å². The van der Waals surface area contributed by atoms with Crippen molar-refractivity contribution in [3.63, 3.8) is 0 Å². The summed E-state index contributed by atoms with van der Waals surface area (Å²) in [5.74, 6) is 1.57. The topological polar surface area (TPSA) is 53.9 Å². The smallest absolute Gasteiger partial charge is 0.224 e. The molecule has 0 radical (unpaired) electrons. The van der Waals surface area contributed by atoms with Crippen molar-refractivity contribution in [1.82, 2.24) is 15.0 Å². The Balaban J connectivity index is 2.18. The fourth-order valence-corrected chi connectivity index (χ4v) is 2.00. The molecular weight excluding hydrogens is 250 g/mol. The average molecular weight is 271 g/mol. The normalized spacial score (nSPS) is 10.4. The Morgan fingerprint density at radius 3 is 2.60 bits per heavy atom. The van der Waals surface area contributed by atoms with Crippen molar-refractivity contribution in [2.75, 3.05) is 23.8 Å². The van der Waals surface area contributed by atoms with Crippen molar-refractivity contribution in [1.29, 1.82) is 0 Å². The molecule has 0 fully saturated rings. The predicted molar refractivity (Wildman–Crippen MR) is 82.0 cm³/mol. The maximum absolute atomic E-state index is 4.52. The lowest BCUT2D eigenvalue weighted by Gasteiger charge is -2.19. The molecule has 0 aromatic carbocycles. The largest absolute Gasteiger partial charge is 0.354 e. The summed E-state index contributed by atoms with van der Waals surface area (Å²) in [5, 5.41) is 3.15. The van der Waals surface area contributed by atoms with E-state index in [2.05, 4.69) is 25.2 Å². The summed E-state index contributed by atoms with van der Waals surface area (Å²) in [5.41, 5.74) is 3.02. The second-order valence-corrected chi connectivity index (χ2v) is 4.85. The molecule has 2 heterocycles. The molecule has 0 saturated heterocycles. The van der Waals surface area contributed by atoms with Gasteiger partial charge in [-0.1, -0.05) is 6.07 Å². The highest BCUT2D eigenvalue weighted by Gasteiger charge is 2.08. The zero-order chi connectivity index (χ0) is 14.5. The molecule has 2 aromatic heterocycles. The van der Waals surface area contributed by atoms with Crippen LogP contribution in [0.5, 0.6) is 0 Å². The summed E-state index contributed by atoms with van der Waals surface area (Å²) in [6, 6.07) is 8.04. The molecule has 0 aliphatic heterocycles. The molecule has 0 bridgehead atoms. The van der Waals surface area contributed by atoms with E-state index in [1.807, 2.05) is 52.1 Å². The third kappa shape index (κ3) is 3.66. The van der Waals surface area contributed by atoms with Crippen LogP contribution in [-0.4, -0.2) is 28.5 Å². The number of hydrogen-bond acceptors (Lipinski definition) is 5. The zero-order valence-electron chi connectivity index (χ0n) is 12.5. The molecule has 1 N–H and O–H groups in total. The van der Waals surface area contributed by atoms with Crippen molar-refractivity contribution < 1.29 is 0 Å². The number of hydrogen-bond donors (Lipinski definition) is 1. The Morgan fingerprint density at radius 2 is 1.90 bits per heavy atom. The quantitative estimate of drug-likeness (QED) is 0.905. The molecule has 5 nitrogen and oxygen atoms in total. The summed E-state index contributed by atoms with van der Waals surface area (Å²) in [6.07, 6.45) is 0. The van der Waals surface area contributed by atoms with Crippen molar-refractivity contribution in [3.8, 4) is 0 Å². The molecule has 20 heavy (non-hydrogen) atoms. The van der Waals surface area contributed by atoms with Gasteiger partial charge < -0.3 is 10.2 Å². The van der Waals surface area contributed by atoms with E-state index in [0.717, 1.165) is 36.0 Å². The Kier molecular flexibility index (Phi) is 4.50. The highest BCUT2D eigenvalue weighted by molar-refractivity contribution is 5.44. The SMILES string of the molecule is CCNc1nc(C)cc(N(C)Cc2cccc(C)n2)n1. The van der Waals surface area contributed by atoms with E-state index in [-0.39, 0.29) is 0 Å². The van der Waals surface area contributed by atoms with E-state index < -0.39 is 0 Å². The van der Waals surface area contributed by atoms with Gasteiger partial charge in [-0.3, -0.25) is 4.98 Å². The first-order chi connectivity index (χ1) is 9.58. The first-order valence-corrected chi connectivity index (χ1v) is 6.81. The Bertz CT molecular complexity index is 582. The van der Waals surface area contributed by atoms with Crippen LogP contribution >= 0.6 is 0 Å². The highest BCUT2D eigenvalue weighted by Crippen LogP contribution is 2.15. The van der Waals surface area contributed by atoms with Gasteiger partial charge in [0.25, 0.3) is 0 Å². The van der Waals surface area contributed by atoms with Crippen LogP contribution in [0.15, 0.2) is 24.3 Å². The molecule has 5 heteroatoms. The van der Waals surface area contributed by atoms with Crippen LogP contribution in [0, 0.1) is 13.8 Å². The Morgan fingerprint density at radius 1 is 1.10 bits per heavy atom. The summed E-state index contributed by atoms with van der Waals surface area (Å²) in [4.78, 5) is 15.5. The summed E-state index contributed by atoms with van der Waals surface area (Å²) >= 11 is 0. The Labute approximate surface area is 120 Å². The van der Waals surface area contributed by atoms with Gasteiger partial charge in [0.15, 0.2) is 0 Å². The number of nitrogens with zero attached hydrogens (tertiary/aromatic N) is 4. The molecule has 0 saturated carbocycles. The second-order valence-electron chi connectivity index (χ2n) is 4.85. The molecule has 0 aliphatic rings. The van der Waals surface area contributed by atoms with Crippen LogP contribution in [-0.2, 0) is 6.54 Å². The standard InChI is InChI=1S/C15H21N5/c1-5-16-15-18-12(3)9-14(19-15)20(4)10-13-8-6-7-11(2)17-13/h6-9H,5,10H2,1-4H3,(H,16,18,19). The first-order valence-electron chi connectivity index (χ1n) is 6.81. The lowest BCUT2D eigenvalue weighted by Crippen LogP contribution is -2.20. The molecule has 106 valence electrons. The van der Waals surface area contributed by atoms with Crippen LogP contribution in [0.2, 0.25) is 0 Å². The zero-order valence-corrected chi connectivity index (χ0v) is 12.5. The van der Waals surface area contributed by atoms with Crippen LogP contribution < -0.4 is 10.2 Å². The molecule has 0 spiro atoms. The van der Waals surface area contributed by atoms with Crippen LogP contribution in [0.25, 0.3) is 0 Å². The highest BCUT2D eigenvalue weighted by atomic mass is 15.2. The van der Waals surface area contributed by atoms with E-state index >= 15 is 0 Å². The molecular formula is C15H21N5. The lowest BCUT2D eigenvalue weighted by molar-refractivity contribution is 0.851. The second kappa shape index (κ2) is 6.32. The summed E-state index contributed by atoms with van der Waals surface area (Å²) in [7, 11) is 2.02. The maximum atomic E-state index is 4.52. The third-order valence-electron chi connectivity index (χ3n) is 2.91. The molecule has 0 atom stereocenters. The van der Waals surface area contributed by atoms with E-state index in [1.165, 1.54) is 0 Å². The summed E-state index contributed by atoms with van der Waals surface area (Å²) < 4.78 is 0. The van der Waals surface area contributed by atoms with E-state index in [9.17, 15) is 0 Å². The number of aryl methyl sites for hydroxylation is 2. The minimum atomic E-state index is 0.673. The van der Waals surface area contributed by atoms with Gasteiger partial charge in [0.05, 0.1) is 12.2 Å². The van der Waals surface area contributed by atoms with Gasteiger partial charge in [0.2, 0.25) is 5.95 Å². The van der Waals surface area contributed by atoms with Crippen LogP contribution in [0.3, 0.4) is 0 Å². The van der Waals surface area contributed by atoms with Crippen molar-refractivity contribution >= 4 is 11.8 Å². The van der Waals surface area contributed by atoms with Crippen molar-refractivity contribution in [3.05, 3.63) is 41.3 Å². The monoisotopic (exact) mass is 271 g/mol. The average Bonchev–Trinajstić information content (AvgIpc) is 2.38. The fraction of sp³-hybridized carbons (Fsp3) is 0.400. The van der Waals surface area contributed by atoms with Crippen LogP contribution in [0.4, 0.5) is 11.8 Å². The van der Waals surface area contributed by atoms with Gasteiger partial charge in [-0.15, -0.1) is 0 Å². The molecule has 0 amide bonds. The lowest BCUT2D eigenvalue weighted by atomic mass is 10.3. The fourth-order valence-electron chi connectivity index (χ4n) is 2.00. The maximum Gasteiger partial charge on any atom is 0.224 e. The third-order valence-corrected chi connectivity index (χ3v) is 2.91. The molecule has 0 unspecified atom stereocenters. The first kappa shape index (κ1) is 14.2. The van der Waals surface area contributed by atoms with E-state index in [0.29, 0.717) is 5.95 Å². The van der Waals surface area contributed by atoms with Gasteiger partial charge >= 0.3 is 0 Å². The number of pyridine rings is 1.